The molecule has 1 aliphatic heterocycles. The minimum absolute atomic E-state index is 0.120. The molecule has 0 aliphatic carbocycles. The molecular weight excluding hydrogens is 813 g/mol. The Balaban J connectivity index is 2.47. The lowest BCUT2D eigenvalue weighted by Crippen LogP contribution is -2.60. The molecule has 12 nitrogen and oxygen atoms in total. The Morgan fingerprint density at radius 3 is 1.55 bits per heavy atom. The fraction of sp³-hybridized carbons (Fsp3) is 0.714. The van der Waals surface area contributed by atoms with Gasteiger partial charge in [0.25, 0.3) is 10.1 Å². The topological polar surface area (TPSA) is 186 Å². The zero-order chi connectivity index (χ0) is 45.5. The standard InChI is InChI=1S/C49H82O12S/c1-3-5-7-9-11-13-15-17-19-20-21-22-24-26-28-30-32-34-36-38-45(51)60-42(40-59-49-48(54)47(53)46(52)43(61-49)41-62(55,56)57)39-58-44(50)37-35-33-31-29-27-25-23-18-16-14-12-10-8-6-4-2/h5,7,11,13,17-19,21-23,26,28,42-43,46-49,52-54H,3-4,6,8-10,12,14-16,20,24-25,27,29-41H2,1-2H3,(H,55,56,57)/b7-5+,13-11+,19-17+,22-21+,23-18+,28-26+/t42-,43-,46-,47?,48?,49+/m1/s1. The Morgan fingerprint density at radius 1 is 0.565 bits per heavy atom. The molecule has 62 heavy (non-hydrogen) atoms. The van der Waals surface area contributed by atoms with Crippen molar-refractivity contribution in [1.82, 2.24) is 0 Å². The molecule has 0 amide bonds. The van der Waals surface area contributed by atoms with Crippen LogP contribution >= 0.6 is 0 Å². The van der Waals surface area contributed by atoms with Gasteiger partial charge in [-0.1, -0.05) is 145 Å². The third-order valence-corrected chi connectivity index (χ3v) is 11.0. The molecule has 0 aromatic carbocycles. The quantitative estimate of drug-likeness (QED) is 0.0199. The fourth-order valence-corrected chi connectivity index (χ4v) is 7.33. The van der Waals surface area contributed by atoms with E-state index in [1.54, 1.807) is 0 Å². The SMILES string of the molecule is CC/C=C/C/C=C/C/C=C/C/C=C/C/C=C/CCCCCC(=O)O[C@H](COC(=O)CCCCCCC/C=C/CCCCCCCC)CO[C@H]1O[C@H](CS(=O)(=O)O)[C@@H](O)C(O)C1O. The molecule has 13 heteroatoms. The predicted octanol–water partition coefficient (Wildman–Crippen LogP) is 9.89. The van der Waals surface area contributed by atoms with Crippen molar-refractivity contribution in [3.05, 3.63) is 72.9 Å². The highest BCUT2D eigenvalue weighted by Crippen LogP contribution is 2.24. The van der Waals surface area contributed by atoms with E-state index in [1.165, 1.54) is 38.5 Å². The first kappa shape index (κ1) is 57.1. The van der Waals surface area contributed by atoms with Gasteiger partial charge in [0.05, 0.1) is 6.61 Å². The van der Waals surface area contributed by atoms with Gasteiger partial charge in [0.2, 0.25) is 0 Å². The molecule has 1 saturated heterocycles. The molecule has 1 aliphatic rings. The second-order valence-electron chi connectivity index (χ2n) is 16.0. The van der Waals surface area contributed by atoms with E-state index >= 15 is 0 Å². The van der Waals surface area contributed by atoms with Crippen LogP contribution in [-0.4, -0.2) is 96.0 Å². The maximum absolute atomic E-state index is 12.8. The van der Waals surface area contributed by atoms with Crippen molar-refractivity contribution < 1.29 is 56.8 Å². The second-order valence-corrected chi connectivity index (χ2v) is 17.5. The molecule has 356 valence electrons. The Morgan fingerprint density at radius 2 is 1.02 bits per heavy atom. The van der Waals surface area contributed by atoms with Gasteiger partial charge in [0, 0.05) is 12.8 Å². The van der Waals surface area contributed by atoms with E-state index in [1.807, 2.05) is 0 Å². The number of aliphatic hydroxyl groups is 3. The largest absolute Gasteiger partial charge is 0.462 e. The summed E-state index contributed by atoms with van der Waals surface area (Å²) in [6.07, 6.45) is 39.4. The van der Waals surface area contributed by atoms with Gasteiger partial charge in [-0.25, -0.2) is 0 Å². The van der Waals surface area contributed by atoms with Crippen LogP contribution in [-0.2, 0) is 38.7 Å². The summed E-state index contributed by atoms with van der Waals surface area (Å²) in [5.74, 6) is -2.04. The summed E-state index contributed by atoms with van der Waals surface area (Å²) in [6.45, 7) is 3.60. The third kappa shape index (κ3) is 32.7. The van der Waals surface area contributed by atoms with Crippen molar-refractivity contribution in [3.8, 4) is 0 Å². The lowest BCUT2D eigenvalue weighted by atomic mass is 10.00. The number of unbranched alkanes of at least 4 members (excludes halogenated alkanes) is 14. The van der Waals surface area contributed by atoms with Crippen molar-refractivity contribution in [2.45, 2.75) is 205 Å². The molecule has 6 atom stereocenters. The average Bonchev–Trinajstić information content (AvgIpc) is 3.24. The van der Waals surface area contributed by atoms with Crippen LogP contribution in [0.15, 0.2) is 72.9 Å². The van der Waals surface area contributed by atoms with Gasteiger partial charge in [-0.2, -0.15) is 8.42 Å². The van der Waals surface area contributed by atoms with Crippen molar-refractivity contribution in [3.63, 3.8) is 0 Å². The number of hydrogen-bond donors (Lipinski definition) is 4. The highest BCUT2D eigenvalue weighted by molar-refractivity contribution is 7.85. The normalized spacial score (nSPS) is 20.5. The summed E-state index contributed by atoms with van der Waals surface area (Å²) in [5, 5.41) is 30.9. The molecule has 1 rings (SSSR count). The number of carbonyl (C=O) groups is 2. The number of carbonyl (C=O) groups excluding carboxylic acids is 2. The highest BCUT2D eigenvalue weighted by Gasteiger charge is 2.46. The number of allylic oxidation sites excluding steroid dienone is 12. The van der Waals surface area contributed by atoms with Crippen LogP contribution in [0.25, 0.3) is 0 Å². The van der Waals surface area contributed by atoms with Crippen LogP contribution in [0.1, 0.15) is 168 Å². The van der Waals surface area contributed by atoms with Gasteiger partial charge in [-0.15, -0.1) is 0 Å². The molecule has 2 unspecified atom stereocenters. The molecule has 1 heterocycles. The number of ether oxygens (including phenoxy) is 4. The molecule has 0 spiro atoms. The molecule has 0 aromatic rings. The van der Waals surface area contributed by atoms with Crippen molar-refractivity contribution >= 4 is 22.1 Å². The Labute approximate surface area is 374 Å². The van der Waals surface area contributed by atoms with E-state index in [4.69, 9.17) is 18.9 Å². The van der Waals surface area contributed by atoms with E-state index < -0.39 is 71.2 Å². The molecule has 0 bridgehead atoms. The summed E-state index contributed by atoms with van der Waals surface area (Å²) < 4.78 is 54.1. The van der Waals surface area contributed by atoms with Crippen molar-refractivity contribution in [2.24, 2.45) is 0 Å². The van der Waals surface area contributed by atoms with E-state index in [-0.39, 0.29) is 19.4 Å². The van der Waals surface area contributed by atoms with Crippen LogP contribution < -0.4 is 0 Å². The maximum Gasteiger partial charge on any atom is 0.306 e. The second kappa shape index (κ2) is 38.5. The van der Waals surface area contributed by atoms with Crippen molar-refractivity contribution in [1.29, 1.82) is 0 Å². The fourth-order valence-electron chi connectivity index (χ4n) is 6.64. The average molecular weight is 895 g/mol. The highest BCUT2D eigenvalue weighted by atomic mass is 32.2. The first-order valence-corrected chi connectivity index (χ1v) is 25.1. The lowest BCUT2D eigenvalue weighted by Gasteiger charge is -2.40. The van der Waals surface area contributed by atoms with Crippen molar-refractivity contribution in [2.75, 3.05) is 19.0 Å². The predicted molar refractivity (Wildman–Crippen MR) is 247 cm³/mol. The first-order chi connectivity index (χ1) is 30.0. The number of aliphatic hydroxyl groups excluding tert-OH is 3. The smallest absolute Gasteiger partial charge is 0.306 e. The maximum atomic E-state index is 12.8. The summed E-state index contributed by atoms with van der Waals surface area (Å²) in [6, 6.07) is 0. The van der Waals surface area contributed by atoms with Gasteiger partial charge < -0.3 is 34.3 Å². The van der Waals surface area contributed by atoms with E-state index in [9.17, 15) is 37.9 Å². The van der Waals surface area contributed by atoms with Gasteiger partial charge >= 0.3 is 11.9 Å². The summed E-state index contributed by atoms with van der Waals surface area (Å²) in [5.41, 5.74) is 0. The van der Waals surface area contributed by atoms with Gasteiger partial charge in [0.15, 0.2) is 12.4 Å². The zero-order valence-corrected chi connectivity index (χ0v) is 38.8. The van der Waals surface area contributed by atoms with Gasteiger partial charge in [-0.05, 0) is 83.5 Å². The van der Waals surface area contributed by atoms with Gasteiger partial charge in [-0.3, -0.25) is 14.1 Å². The number of hydrogen-bond acceptors (Lipinski definition) is 11. The van der Waals surface area contributed by atoms with E-state index in [0.29, 0.717) is 12.8 Å². The minimum Gasteiger partial charge on any atom is -0.462 e. The van der Waals surface area contributed by atoms with E-state index in [0.717, 1.165) is 89.9 Å². The Kier molecular flexibility index (Phi) is 35.5. The Hall–Kier alpha value is -2.91. The van der Waals surface area contributed by atoms with Gasteiger partial charge in [0.1, 0.15) is 36.8 Å². The zero-order valence-electron chi connectivity index (χ0n) is 37.9. The number of esters is 2. The van der Waals surface area contributed by atoms with Crippen LogP contribution in [0.3, 0.4) is 0 Å². The van der Waals surface area contributed by atoms with Crippen LogP contribution in [0, 0.1) is 0 Å². The molecule has 0 saturated carbocycles. The summed E-state index contributed by atoms with van der Waals surface area (Å²) >= 11 is 0. The summed E-state index contributed by atoms with van der Waals surface area (Å²) in [4.78, 5) is 25.4. The Bertz CT molecular complexity index is 1420. The third-order valence-electron chi connectivity index (χ3n) is 10.3. The number of rotatable bonds is 38. The molecule has 4 N–H and O–H groups in total. The van der Waals surface area contributed by atoms with Crippen LogP contribution in [0.4, 0.5) is 0 Å². The minimum atomic E-state index is -4.61. The van der Waals surface area contributed by atoms with Crippen LogP contribution in [0.5, 0.6) is 0 Å². The molecular formula is C49H82O12S. The molecule has 1 fully saturated rings. The first-order valence-electron chi connectivity index (χ1n) is 23.5. The monoisotopic (exact) mass is 895 g/mol. The lowest BCUT2D eigenvalue weighted by molar-refractivity contribution is -0.297. The molecule has 0 aromatic heterocycles. The molecule has 0 radical (unpaired) electrons. The van der Waals surface area contributed by atoms with E-state index in [2.05, 4.69) is 86.8 Å². The summed E-state index contributed by atoms with van der Waals surface area (Å²) in [7, 11) is -4.61. The van der Waals surface area contributed by atoms with Crippen LogP contribution in [0.2, 0.25) is 0 Å².